The van der Waals surface area contributed by atoms with Crippen LogP contribution in [0.15, 0.2) is 0 Å². The maximum Gasteiger partial charge on any atom is 0.410 e. The first-order valence-corrected chi connectivity index (χ1v) is 6.29. The van der Waals surface area contributed by atoms with Crippen molar-refractivity contribution in [1.29, 1.82) is 0 Å². The summed E-state index contributed by atoms with van der Waals surface area (Å²) in [6.07, 6.45) is 0.830. The van der Waals surface area contributed by atoms with Crippen LogP contribution in [0.25, 0.3) is 0 Å². The smallest absolute Gasteiger partial charge is 0.410 e. The Hall–Kier alpha value is -0.770. The van der Waals surface area contributed by atoms with Gasteiger partial charge in [-0.15, -0.1) is 0 Å². The van der Waals surface area contributed by atoms with Crippen LogP contribution in [0.4, 0.5) is 4.79 Å². The average molecular weight is 242 g/mol. The highest BCUT2D eigenvalue weighted by molar-refractivity contribution is 5.69. The molecule has 1 atom stereocenters. The molecule has 17 heavy (non-hydrogen) atoms. The summed E-state index contributed by atoms with van der Waals surface area (Å²) < 4.78 is 5.45. The van der Waals surface area contributed by atoms with Crippen LogP contribution in [0.3, 0.4) is 0 Å². The molecule has 100 valence electrons. The molecule has 1 rings (SSSR count). The van der Waals surface area contributed by atoms with Gasteiger partial charge in [-0.25, -0.2) is 4.79 Å². The number of rotatable bonds is 2. The van der Waals surface area contributed by atoms with Crippen molar-refractivity contribution in [2.24, 2.45) is 5.41 Å². The van der Waals surface area contributed by atoms with Crippen LogP contribution in [0.5, 0.6) is 0 Å². The lowest BCUT2D eigenvalue weighted by atomic mass is 9.91. The summed E-state index contributed by atoms with van der Waals surface area (Å²) in [5.74, 6) is 0. The van der Waals surface area contributed by atoms with E-state index in [9.17, 15) is 4.79 Å². The zero-order valence-electron chi connectivity index (χ0n) is 12.0. The molecule has 1 heterocycles. The van der Waals surface area contributed by atoms with Crippen LogP contribution in [-0.4, -0.2) is 42.8 Å². The number of carbonyl (C=O) groups is 1. The van der Waals surface area contributed by atoms with Gasteiger partial charge in [0.2, 0.25) is 0 Å². The Morgan fingerprint density at radius 2 is 2.06 bits per heavy atom. The number of nitrogens with zero attached hydrogens (tertiary/aromatic N) is 1. The number of likely N-dealkylation sites (N-methyl/N-ethyl adjacent to an activating group) is 1. The van der Waals surface area contributed by atoms with E-state index in [1.54, 1.807) is 0 Å². The number of likely N-dealkylation sites (tertiary alicyclic amines) is 1. The van der Waals surface area contributed by atoms with Crippen molar-refractivity contribution in [2.45, 2.75) is 52.7 Å². The van der Waals surface area contributed by atoms with Crippen molar-refractivity contribution in [3.63, 3.8) is 0 Å². The van der Waals surface area contributed by atoms with Crippen LogP contribution in [0, 0.1) is 5.41 Å². The standard InChI is InChI=1S/C13H26N2O2/c1-12(2,3)17-11(16)15-9-13(4,5)7-10(15)8-14-6/h10,14H,7-9H2,1-6H3. The Kier molecular flexibility index (Phi) is 4.07. The zero-order chi connectivity index (χ0) is 13.3. The lowest BCUT2D eigenvalue weighted by Crippen LogP contribution is -2.43. The van der Waals surface area contributed by atoms with Gasteiger partial charge in [0.05, 0.1) is 0 Å². The summed E-state index contributed by atoms with van der Waals surface area (Å²) in [6.45, 7) is 11.7. The molecule has 1 amide bonds. The minimum atomic E-state index is -0.423. The molecule has 4 nitrogen and oxygen atoms in total. The fraction of sp³-hybridized carbons (Fsp3) is 0.923. The molecule has 1 aliphatic rings. The third-order valence-electron chi connectivity index (χ3n) is 2.90. The summed E-state index contributed by atoms with van der Waals surface area (Å²) in [4.78, 5) is 14.0. The van der Waals surface area contributed by atoms with Gasteiger partial charge in [-0.3, -0.25) is 0 Å². The number of amides is 1. The van der Waals surface area contributed by atoms with Gasteiger partial charge < -0.3 is 15.0 Å². The van der Waals surface area contributed by atoms with Gasteiger partial charge in [0.25, 0.3) is 0 Å². The summed E-state index contributed by atoms with van der Waals surface area (Å²) in [5, 5.41) is 3.15. The van der Waals surface area contributed by atoms with Crippen molar-refractivity contribution in [2.75, 3.05) is 20.1 Å². The van der Waals surface area contributed by atoms with Crippen molar-refractivity contribution in [3.05, 3.63) is 0 Å². The first-order valence-electron chi connectivity index (χ1n) is 6.29. The first kappa shape index (κ1) is 14.3. The largest absolute Gasteiger partial charge is 0.444 e. The molecule has 1 fully saturated rings. The monoisotopic (exact) mass is 242 g/mol. The highest BCUT2D eigenvalue weighted by atomic mass is 16.6. The van der Waals surface area contributed by atoms with Crippen molar-refractivity contribution >= 4 is 6.09 Å². The average Bonchev–Trinajstić information content (AvgIpc) is 2.39. The highest BCUT2D eigenvalue weighted by Gasteiger charge is 2.41. The minimum Gasteiger partial charge on any atom is -0.444 e. The Balaban J connectivity index is 2.70. The highest BCUT2D eigenvalue weighted by Crippen LogP contribution is 2.34. The fourth-order valence-electron chi connectivity index (χ4n) is 2.36. The fourth-order valence-corrected chi connectivity index (χ4v) is 2.36. The van der Waals surface area contributed by atoms with Gasteiger partial charge in [-0.05, 0) is 39.7 Å². The quantitative estimate of drug-likeness (QED) is 0.807. The van der Waals surface area contributed by atoms with E-state index in [1.165, 1.54) is 0 Å². The molecule has 4 heteroatoms. The van der Waals surface area contributed by atoms with E-state index in [1.807, 2.05) is 32.7 Å². The van der Waals surface area contributed by atoms with Crippen LogP contribution >= 0.6 is 0 Å². The van der Waals surface area contributed by atoms with Gasteiger partial charge >= 0.3 is 6.09 Å². The second-order valence-corrected chi connectivity index (χ2v) is 6.69. The van der Waals surface area contributed by atoms with E-state index >= 15 is 0 Å². The predicted octanol–water partition coefficient (Wildman–Crippen LogP) is 2.24. The Morgan fingerprint density at radius 3 is 2.53 bits per heavy atom. The zero-order valence-corrected chi connectivity index (χ0v) is 12.0. The molecule has 0 spiro atoms. The first-order chi connectivity index (χ1) is 7.64. The second kappa shape index (κ2) is 4.84. The van der Waals surface area contributed by atoms with Gasteiger partial charge in [0.15, 0.2) is 0 Å². The van der Waals surface area contributed by atoms with Crippen molar-refractivity contribution < 1.29 is 9.53 Å². The van der Waals surface area contributed by atoms with E-state index < -0.39 is 5.60 Å². The number of ether oxygens (including phenoxy) is 1. The molecule has 1 aliphatic heterocycles. The molecule has 0 radical (unpaired) electrons. The topological polar surface area (TPSA) is 41.6 Å². The molecule has 1 saturated heterocycles. The molecule has 0 aromatic carbocycles. The molecule has 0 aromatic rings. The maximum atomic E-state index is 12.1. The number of hydrogen-bond acceptors (Lipinski definition) is 3. The van der Waals surface area contributed by atoms with Gasteiger partial charge in [-0.2, -0.15) is 0 Å². The number of nitrogens with one attached hydrogen (secondary N) is 1. The van der Waals surface area contributed by atoms with Gasteiger partial charge in [-0.1, -0.05) is 13.8 Å². The summed E-state index contributed by atoms with van der Waals surface area (Å²) >= 11 is 0. The molecule has 1 N–H and O–H groups in total. The SMILES string of the molecule is CNCC1CC(C)(C)CN1C(=O)OC(C)(C)C. The van der Waals surface area contributed by atoms with Crippen LogP contribution < -0.4 is 5.32 Å². The third kappa shape index (κ3) is 4.19. The normalized spacial score (nSPS) is 23.9. The Morgan fingerprint density at radius 1 is 1.47 bits per heavy atom. The lowest BCUT2D eigenvalue weighted by Gasteiger charge is -2.28. The van der Waals surface area contributed by atoms with Gasteiger partial charge in [0, 0.05) is 19.1 Å². The lowest BCUT2D eigenvalue weighted by molar-refractivity contribution is 0.0215. The molecule has 1 unspecified atom stereocenters. The molecular weight excluding hydrogens is 216 g/mol. The predicted molar refractivity (Wildman–Crippen MR) is 69.1 cm³/mol. The van der Waals surface area contributed by atoms with E-state index in [-0.39, 0.29) is 17.6 Å². The summed E-state index contributed by atoms with van der Waals surface area (Å²) in [5.41, 5.74) is -0.244. The van der Waals surface area contributed by atoms with E-state index in [4.69, 9.17) is 4.74 Å². The molecule has 0 saturated carbocycles. The summed E-state index contributed by atoms with van der Waals surface area (Å²) in [7, 11) is 1.92. The summed E-state index contributed by atoms with van der Waals surface area (Å²) in [6, 6.07) is 0.241. The molecule has 0 aliphatic carbocycles. The second-order valence-electron chi connectivity index (χ2n) is 6.69. The molecule has 0 aromatic heterocycles. The van der Waals surface area contributed by atoms with Gasteiger partial charge in [0.1, 0.15) is 5.60 Å². The minimum absolute atomic E-state index is 0.179. The number of hydrogen-bond donors (Lipinski definition) is 1. The third-order valence-corrected chi connectivity index (χ3v) is 2.90. The van der Waals surface area contributed by atoms with Crippen LogP contribution in [-0.2, 0) is 4.74 Å². The van der Waals surface area contributed by atoms with Crippen LogP contribution in [0.2, 0.25) is 0 Å². The van der Waals surface area contributed by atoms with Crippen molar-refractivity contribution in [3.8, 4) is 0 Å². The Bertz CT molecular complexity index is 282. The maximum absolute atomic E-state index is 12.1. The Labute approximate surface area is 105 Å². The number of carbonyl (C=O) groups excluding carboxylic acids is 1. The van der Waals surface area contributed by atoms with E-state index in [0.717, 1.165) is 19.5 Å². The molecular formula is C13H26N2O2. The van der Waals surface area contributed by atoms with E-state index in [0.29, 0.717) is 0 Å². The van der Waals surface area contributed by atoms with Crippen LogP contribution in [0.1, 0.15) is 41.0 Å². The van der Waals surface area contributed by atoms with Crippen molar-refractivity contribution in [1.82, 2.24) is 10.2 Å². The van der Waals surface area contributed by atoms with E-state index in [2.05, 4.69) is 19.2 Å². The molecule has 0 bridgehead atoms.